The zero-order valence-electron chi connectivity index (χ0n) is 26.8. The number of carbonyl (C=O) groups excluding carboxylic acids is 4. The minimum absolute atomic E-state index is 0.00878. The smallest absolute Gasteiger partial charge is 0.328 e. The summed E-state index contributed by atoms with van der Waals surface area (Å²) in [4.78, 5) is 61.4. The normalized spacial score (nSPS) is 26.0. The van der Waals surface area contributed by atoms with Crippen molar-refractivity contribution >= 4 is 23.7 Å². The lowest BCUT2D eigenvalue weighted by molar-refractivity contribution is -0.156. The van der Waals surface area contributed by atoms with Crippen molar-refractivity contribution in [2.75, 3.05) is 47.4 Å². The molecular weight excluding hydrogens is 522 g/mol. The van der Waals surface area contributed by atoms with Gasteiger partial charge in [0, 0.05) is 26.2 Å². The van der Waals surface area contributed by atoms with E-state index in [4.69, 9.17) is 4.74 Å². The molecule has 0 aromatic carbocycles. The molecule has 0 radical (unpaired) electrons. The van der Waals surface area contributed by atoms with Crippen LogP contribution in [0.2, 0.25) is 0 Å². The standard InChI is InChI=1S/C31H55N5O5/c1-21(2)25(20-35-18-13-16-23(35)28(38)36-19-12-10-15-24(36)30(40)41-8)34(7)29(39)26(31(3,4)5)32-27(37)22-14-9-11-17-33(22)6/h21-26H,9-20H2,1-8H3,(H,32,37)/t22?,23?,24?,25-,26?/m1/s1. The lowest BCUT2D eigenvalue weighted by atomic mass is 9.84. The number of hydrogen-bond acceptors (Lipinski definition) is 7. The maximum absolute atomic E-state index is 14.1. The second-order valence-corrected chi connectivity index (χ2v) is 13.8. The Kier molecular flexibility index (Phi) is 11.6. The van der Waals surface area contributed by atoms with Crippen LogP contribution in [0.15, 0.2) is 0 Å². The Bertz CT molecular complexity index is 934. The van der Waals surface area contributed by atoms with Crippen LogP contribution >= 0.6 is 0 Å². The highest BCUT2D eigenvalue weighted by Gasteiger charge is 2.43. The molecule has 10 heteroatoms. The zero-order chi connectivity index (χ0) is 30.5. The van der Waals surface area contributed by atoms with E-state index in [1.807, 2.05) is 34.9 Å². The molecular formula is C31H55N5O5. The average Bonchev–Trinajstić information content (AvgIpc) is 3.40. The molecule has 4 unspecified atom stereocenters. The van der Waals surface area contributed by atoms with Crippen molar-refractivity contribution in [3.63, 3.8) is 0 Å². The molecule has 3 aliphatic rings. The van der Waals surface area contributed by atoms with E-state index in [1.165, 1.54) is 7.11 Å². The minimum Gasteiger partial charge on any atom is -0.467 e. The maximum Gasteiger partial charge on any atom is 0.328 e. The van der Waals surface area contributed by atoms with Crippen molar-refractivity contribution in [3.8, 4) is 0 Å². The van der Waals surface area contributed by atoms with Crippen LogP contribution in [0.25, 0.3) is 0 Å². The van der Waals surface area contributed by atoms with Crippen molar-refractivity contribution in [1.82, 2.24) is 24.9 Å². The summed E-state index contributed by atoms with van der Waals surface area (Å²) >= 11 is 0. The van der Waals surface area contributed by atoms with Gasteiger partial charge in [-0.3, -0.25) is 24.2 Å². The van der Waals surface area contributed by atoms with Gasteiger partial charge in [0.15, 0.2) is 0 Å². The number of likely N-dealkylation sites (tertiary alicyclic amines) is 3. The van der Waals surface area contributed by atoms with E-state index in [-0.39, 0.29) is 47.7 Å². The van der Waals surface area contributed by atoms with E-state index < -0.39 is 17.5 Å². The fourth-order valence-corrected chi connectivity index (χ4v) is 6.77. The molecule has 41 heavy (non-hydrogen) atoms. The zero-order valence-corrected chi connectivity index (χ0v) is 26.8. The van der Waals surface area contributed by atoms with E-state index >= 15 is 0 Å². The van der Waals surface area contributed by atoms with E-state index in [1.54, 1.807) is 9.80 Å². The van der Waals surface area contributed by atoms with E-state index in [0.29, 0.717) is 19.5 Å². The van der Waals surface area contributed by atoms with E-state index in [0.717, 1.165) is 58.0 Å². The van der Waals surface area contributed by atoms with Crippen molar-refractivity contribution in [3.05, 3.63) is 0 Å². The molecule has 0 aromatic heterocycles. The number of amides is 3. The monoisotopic (exact) mass is 577 g/mol. The number of esters is 1. The highest BCUT2D eigenvalue weighted by atomic mass is 16.5. The molecule has 3 heterocycles. The first-order valence-corrected chi connectivity index (χ1v) is 15.7. The second kappa shape index (κ2) is 14.3. The number of carbonyl (C=O) groups is 4. The molecule has 234 valence electrons. The average molecular weight is 578 g/mol. The second-order valence-electron chi connectivity index (χ2n) is 13.8. The molecule has 0 bridgehead atoms. The molecule has 3 fully saturated rings. The number of ether oxygens (including phenoxy) is 1. The van der Waals surface area contributed by atoms with Crippen LogP contribution in [0, 0.1) is 11.3 Å². The van der Waals surface area contributed by atoms with Gasteiger partial charge in [0.05, 0.1) is 19.2 Å². The lowest BCUT2D eigenvalue weighted by Crippen LogP contribution is -2.61. The van der Waals surface area contributed by atoms with Crippen molar-refractivity contribution in [1.29, 1.82) is 0 Å². The predicted octanol–water partition coefficient (Wildman–Crippen LogP) is 2.50. The number of likely N-dealkylation sites (N-methyl/N-ethyl adjacent to an activating group) is 2. The molecule has 3 rings (SSSR count). The van der Waals surface area contributed by atoms with Gasteiger partial charge in [-0.2, -0.15) is 0 Å². The van der Waals surface area contributed by atoms with Gasteiger partial charge < -0.3 is 19.9 Å². The van der Waals surface area contributed by atoms with Gasteiger partial charge in [-0.05, 0) is 76.4 Å². The summed E-state index contributed by atoms with van der Waals surface area (Å²) in [6.07, 6.45) is 6.95. The number of methoxy groups -OCH3 is 1. The van der Waals surface area contributed by atoms with Crippen LogP contribution in [0.5, 0.6) is 0 Å². The molecule has 3 saturated heterocycles. The fraction of sp³-hybridized carbons (Fsp3) is 0.871. The lowest BCUT2D eigenvalue weighted by Gasteiger charge is -2.42. The van der Waals surface area contributed by atoms with Crippen LogP contribution in [-0.4, -0.2) is 121 Å². The summed E-state index contributed by atoms with van der Waals surface area (Å²) in [7, 11) is 5.18. The predicted molar refractivity (Wildman–Crippen MR) is 159 cm³/mol. The topological polar surface area (TPSA) is 102 Å². The largest absolute Gasteiger partial charge is 0.467 e. The quantitative estimate of drug-likeness (QED) is 0.420. The Hall–Kier alpha value is -2.20. The van der Waals surface area contributed by atoms with Gasteiger partial charge in [0.1, 0.15) is 12.1 Å². The minimum atomic E-state index is -0.665. The van der Waals surface area contributed by atoms with Gasteiger partial charge in [-0.15, -0.1) is 0 Å². The molecule has 0 spiro atoms. The summed E-state index contributed by atoms with van der Waals surface area (Å²) in [5.41, 5.74) is -0.473. The molecule has 10 nitrogen and oxygen atoms in total. The number of piperidine rings is 2. The first-order valence-electron chi connectivity index (χ1n) is 15.7. The van der Waals surface area contributed by atoms with Gasteiger partial charge in [-0.25, -0.2) is 4.79 Å². The molecule has 1 N–H and O–H groups in total. The first-order chi connectivity index (χ1) is 19.3. The third-order valence-corrected chi connectivity index (χ3v) is 9.42. The number of nitrogens with zero attached hydrogens (tertiary/aromatic N) is 4. The SMILES string of the molecule is COC(=O)C1CCCCN1C(=O)C1CCCN1C[C@H](C(C)C)N(C)C(=O)C(NC(=O)C1CCCCN1C)C(C)(C)C. The van der Waals surface area contributed by atoms with Gasteiger partial charge in [-0.1, -0.05) is 41.0 Å². The van der Waals surface area contributed by atoms with Crippen molar-refractivity contribution in [2.24, 2.45) is 11.3 Å². The first kappa shape index (κ1) is 33.3. The molecule has 3 aliphatic heterocycles. The highest BCUT2D eigenvalue weighted by molar-refractivity contribution is 5.90. The Morgan fingerprint density at radius 3 is 2.10 bits per heavy atom. The Morgan fingerprint density at radius 2 is 1.51 bits per heavy atom. The number of nitrogens with one attached hydrogen (secondary N) is 1. The van der Waals surface area contributed by atoms with Gasteiger partial charge >= 0.3 is 5.97 Å². The van der Waals surface area contributed by atoms with Gasteiger partial charge in [0.25, 0.3) is 0 Å². The summed E-state index contributed by atoms with van der Waals surface area (Å²) in [6.45, 7) is 12.9. The van der Waals surface area contributed by atoms with E-state index in [2.05, 4.69) is 29.0 Å². The third-order valence-electron chi connectivity index (χ3n) is 9.42. The highest BCUT2D eigenvalue weighted by Crippen LogP contribution is 2.28. The third kappa shape index (κ3) is 8.00. The van der Waals surface area contributed by atoms with Crippen molar-refractivity contribution in [2.45, 2.75) is 116 Å². The number of hydrogen-bond donors (Lipinski definition) is 1. The molecule has 3 amide bonds. The summed E-state index contributed by atoms with van der Waals surface area (Å²) in [5.74, 6) is -0.402. The van der Waals surface area contributed by atoms with Crippen LogP contribution in [0.4, 0.5) is 0 Å². The Morgan fingerprint density at radius 1 is 0.902 bits per heavy atom. The fourth-order valence-electron chi connectivity index (χ4n) is 6.77. The summed E-state index contributed by atoms with van der Waals surface area (Å²) in [6, 6.07) is -1.86. The summed E-state index contributed by atoms with van der Waals surface area (Å²) < 4.78 is 5.01. The Labute approximate surface area is 247 Å². The van der Waals surface area contributed by atoms with Crippen LogP contribution < -0.4 is 5.32 Å². The summed E-state index contributed by atoms with van der Waals surface area (Å²) in [5, 5.41) is 3.13. The van der Waals surface area contributed by atoms with Gasteiger partial charge in [0.2, 0.25) is 17.7 Å². The van der Waals surface area contributed by atoms with Crippen LogP contribution in [0.1, 0.15) is 86.0 Å². The Balaban J connectivity index is 1.75. The molecule has 5 atom stereocenters. The van der Waals surface area contributed by atoms with Crippen LogP contribution in [-0.2, 0) is 23.9 Å². The molecule has 0 saturated carbocycles. The van der Waals surface area contributed by atoms with E-state index in [9.17, 15) is 19.2 Å². The molecule has 0 aromatic rings. The number of rotatable bonds is 9. The van der Waals surface area contributed by atoms with Crippen LogP contribution in [0.3, 0.4) is 0 Å². The molecule has 0 aliphatic carbocycles. The van der Waals surface area contributed by atoms with Crippen molar-refractivity contribution < 1.29 is 23.9 Å². The maximum atomic E-state index is 14.1.